The molecule has 0 unspecified atom stereocenters. The topological polar surface area (TPSA) is 53.5 Å². The van der Waals surface area contributed by atoms with E-state index in [4.69, 9.17) is 0 Å². The van der Waals surface area contributed by atoms with Crippen molar-refractivity contribution in [3.63, 3.8) is 0 Å². The lowest BCUT2D eigenvalue weighted by atomic mass is 10.2. The van der Waals surface area contributed by atoms with Crippen LogP contribution in [0.15, 0.2) is 47.5 Å². The maximum atomic E-state index is 12.9. The van der Waals surface area contributed by atoms with Crippen molar-refractivity contribution in [3.05, 3.63) is 59.4 Å². The molecule has 1 aromatic heterocycles. The Morgan fingerprint density at radius 3 is 2.48 bits per heavy atom. The third kappa shape index (κ3) is 4.26. The summed E-state index contributed by atoms with van der Waals surface area (Å²) in [4.78, 5) is 7.09. The van der Waals surface area contributed by atoms with E-state index in [-0.39, 0.29) is 0 Å². The van der Waals surface area contributed by atoms with Crippen LogP contribution in [0.25, 0.3) is 0 Å². The molecule has 5 nitrogen and oxygen atoms in total. The molecule has 25 heavy (non-hydrogen) atoms. The minimum absolute atomic E-state index is 0.439. The normalized spacial score (nSPS) is 16.9. The molecular weight excluding hydrogens is 334 g/mol. The molecule has 6 heteroatoms. The Kier molecular flexibility index (Phi) is 5.51. The zero-order valence-electron chi connectivity index (χ0n) is 14.9. The summed E-state index contributed by atoms with van der Waals surface area (Å²) in [6.07, 6.45) is 2.70. The van der Waals surface area contributed by atoms with Gasteiger partial charge in [0.05, 0.1) is 4.90 Å². The van der Waals surface area contributed by atoms with E-state index in [2.05, 4.69) is 9.88 Å². The van der Waals surface area contributed by atoms with Gasteiger partial charge in [0.1, 0.15) is 0 Å². The smallest absolute Gasteiger partial charge is 0.243 e. The number of nitrogens with zero attached hydrogens (tertiary/aromatic N) is 3. The van der Waals surface area contributed by atoms with Crippen LogP contribution in [0.3, 0.4) is 0 Å². The second-order valence-electron chi connectivity index (χ2n) is 6.59. The number of piperazine rings is 1. The summed E-state index contributed by atoms with van der Waals surface area (Å²) in [6.45, 7) is 7.29. The van der Waals surface area contributed by atoms with Crippen molar-refractivity contribution in [1.29, 1.82) is 0 Å². The molecule has 0 N–H and O–H groups in total. The second kappa shape index (κ2) is 7.64. The number of sulfonamides is 1. The number of rotatable bonds is 5. The molecule has 1 aromatic carbocycles. The van der Waals surface area contributed by atoms with Gasteiger partial charge in [0.25, 0.3) is 0 Å². The molecule has 2 heterocycles. The molecule has 0 saturated carbocycles. The van der Waals surface area contributed by atoms with Gasteiger partial charge in [-0.1, -0.05) is 18.2 Å². The van der Waals surface area contributed by atoms with Gasteiger partial charge < -0.3 is 4.90 Å². The summed E-state index contributed by atoms with van der Waals surface area (Å²) in [6, 6.07) is 11.5. The standard InChI is InChI=1S/C19H25N3O2S/c1-16-6-7-17(2)19(15-16)25(23,24)22-13-11-21(12-14-22)10-8-18-5-3-4-9-20-18/h3-7,9,15H,8,10-14H2,1-2H3. The third-order valence-corrected chi connectivity index (χ3v) is 6.74. The van der Waals surface area contributed by atoms with Crippen LogP contribution in [-0.2, 0) is 16.4 Å². The first kappa shape index (κ1) is 18.0. The quantitative estimate of drug-likeness (QED) is 0.822. The van der Waals surface area contributed by atoms with E-state index < -0.39 is 10.0 Å². The van der Waals surface area contributed by atoms with Crippen LogP contribution in [0.4, 0.5) is 0 Å². The average molecular weight is 359 g/mol. The molecule has 0 aliphatic carbocycles. The molecule has 0 atom stereocenters. The Balaban J connectivity index is 1.60. The molecule has 1 aliphatic heterocycles. The Hall–Kier alpha value is -1.76. The van der Waals surface area contributed by atoms with E-state index in [1.54, 1.807) is 10.4 Å². The highest BCUT2D eigenvalue weighted by Gasteiger charge is 2.29. The predicted molar refractivity (Wildman–Crippen MR) is 99.1 cm³/mol. The lowest BCUT2D eigenvalue weighted by Gasteiger charge is -2.34. The van der Waals surface area contributed by atoms with Crippen molar-refractivity contribution in [2.75, 3.05) is 32.7 Å². The lowest BCUT2D eigenvalue weighted by molar-refractivity contribution is 0.189. The zero-order chi connectivity index (χ0) is 17.9. The summed E-state index contributed by atoms with van der Waals surface area (Å²) in [7, 11) is -3.41. The van der Waals surface area contributed by atoms with Crippen LogP contribution in [-0.4, -0.2) is 55.3 Å². The first-order chi connectivity index (χ1) is 12.0. The van der Waals surface area contributed by atoms with Crippen LogP contribution in [0, 0.1) is 13.8 Å². The highest BCUT2D eigenvalue weighted by molar-refractivity contribution is 7.89. The fourth-order valence-corrected chi connectivity index (χ4v) is 4.87. The van der Waals surface area contributed by atoms with Gasteiger partial charge in [-0.25, -0.2) is 8.42 Å². The highest BCUT2D eigenvalue weighted by Crippen LogP contribution is 2.22. The van der Waals surface area contributed by atoms with Crippen molar-refractivity contribution in [2.24, 2.45) is 0 Å². The molecular formula is C19H25N3O2S. The molecule has 0 spiro atoms. The number of hydrogen-bond donors (Lipinski definition) is 0. The number of aromatic nitrogens is 1. The molecule has 1 saturated heterocycles. The van der Waals surface area contributed by atoms with Crippen LogP contribution < -0.4 is 0 Å². The molecule has 0 radical (unpaired) electrons. The number of benzene rings is 1. The first-order valence-corrected chi connectivity index (χ1v) is 10.1. The lowest BCUT2D eigenvalue weighted by Crippen LogP contribution is -2.49. The molecule has 3 rings (SSSR count). The summed E-state index contributed by atoms with van der Waals surface area (Å²) in [5.74, 6) is 0. The molecule has 0 amide bonds. The second-order valence-corrected chi connectivity index (χ2v) is 8.49. The number of pyridine rings is 1. The van der Waals surface area contributed by atoms with Gasteiger partial charge in [0, 0.05) is 51.0 Å². The summed E-state index contributed by atoms with van der Waals surface area (Å²) in [5.41, 5.74) is 2.86. The predicted octanol–water partition coefficient (Wildman–Crippen LogP) is 2.25. The number of hydrogen-bond acceptors (Lipinski definition) is 4. The van der Waals surface area contributed by atoms with Gasteiger partial charge in [0.2, 0.25) is 10.0 Å². The first-order valence-electron chi connectivity index (χ1n) is 8.66. The summed E-state index contributed by atoms with van der Waals surface area (Å²) in [5, 5.41) is 0. The van der Waals surface area contributed by atoms with Crippen LogP contribution in [0.2, 0.25) is 0 Å². The van der Waals surface area contributed by atoms with Crippen LogP contribution >= 0.6 is 0 Å². The van der Waals surface area contributed by atoms with Crippen molar-refractivity contribution in [2.45, 2.75) is 25.2 Å². The molecule has 2 aromatic rings. The van der Waals surface area contributed by atoms with E-state index in [0.29, 0.717) is 18.0 Å². The maximum Gasteiger partial charge on any atom is 0.243 e. The van der Waals surface area contributed by atoms with Gasteiger partial charge in [-0.3, -0.25) is 4.98 Å². The summed E-state index contributed by atoms with van der Waals surface area (Å²) < 4.78 is 27.5. The maximum absolute atomic E-state index is 12.9. The zero-order valence-corrected chi connectivity index (χ0v) is 15.7. The van der Waals surface area contributed by atoms with E-state index in [1.165, 1.54) is 0 Å². The van der Waals surface area contributed by atoms with Gasteiger partial charge in [-0.05, 0) is 43.2 Å². The third-order valence-electron chi connectivity index (χ3n) is 4.70. The minimum atomic E-state index is -3.41. The van der Waals surface area contributed by atoms with E-state index in [9.17, 15) is 8.42 Å². The number of aryl methyl sites for hydroxylation is 2. The Labute approximate surface area is 150 Å². The highest BCUT2D eigenvalue weighted by atomic mass is 32.2. The van der Waals surface area contributed by atoms with Crippen molar-refractivity contribution < 1.29 is 8.42 Å². The minimum Gasteiger partial charge on any atom is -0.300 e. The SMILES string of the molecule is Cc1ccc(C)c(S(=O)(=O)N2CCN(CCc3ccccn3)CC2)c1. The van der Waals surface area contributed by atoms with Gasteiger partial charge >= 0.3 is 0 Å². The van der Waals surface area contributed by atoms with E-state index in [0.717, 1.165) is 42.9 Å². The fourth-order valence-electron chi connectivity index (χ4n) is 3.14. The Morgan fingerprint density at radius 2 is 1.80 bits per heavy atom. The van der Waals surface area contributed by atoms with E-state index >= 15 is 0 Å². The monoisotopic (exact) mass is 359 g/mol. The molecule has 134 valence electrons. The molecule has 0 bridgehead atoms. The van der Waals surface area contributed by atoms with Crippen LogP contribution in [0.5, 0.6) is 0 Å². The van der Waals surface area contributed by atoms with Crippen molar-refractivity contribution >= 4 is 10.0 Å². The van der Waals surface area contributed by atoms with Gasteiger partial charge in [0.15, 0.2) is 0 Å². The largest absolute Gasteiger partial charge is 0.300 e. The van der Waals surface area contributed by atoms with E-state index in [1.807, 2.05) is 50.4 Å². The van der Waals surface area contributed by atoms with Gasteiger partial charge in [-0.15, -0.1) is 0 Å². The van der Waals surface area contributed by atoms with Crippen LogP contribution in [0.1, 0.15) is 16.8 Å². The molecule has 1 fully saturated rings. The van der Waals surface area contributed by atoms with Crippen molar-refractivity contribution in [3.8, 4) is 0 Å². The van der Waals surface area contributed by atoms with Gasteiger partial charge in [-0.2, -0.15) is 4.31 Å². The average Bonchev–Trinajstić information content (AvgIpc) is 2.63. The van der Waals surface area contributed by atoms with Crippen molar-refractivity contribution in [1.82, 2.24) is 14.2 Å². The Bertz CT molecular complexity index is 814. The fraction of sp³-hybridized carbons (Fsp3) is 0.421. The molecule has 1 aliphatic rings. The summed E-state index contributed by atoms with van der Waals surface area (Å²) >= 11 is 0. The Morgan fingerprint density at radius 1 is 1.04 bits per heavy atom.